The number of ether oxygens (including phenoxy) is 4. The predicted octanol–water partition coefficient (Wildman–Crippen LogP) is 11.1. The van der Waals surface area contributed by atoms with E-state index in [9.17, 15) is 60.4 Å². The van der Waals surface area contributed by atoms with Crippen molar-refractivity contribution in [3.8, 4) is 11.5 Å². The van der Waals surface area contributed by atoms with Gasteiger partial charge in [-0.2, -0.15) is 26.3 Å². The van der Waals surface area contributed by atoms with Gasteiger partial charge >= 0.3 is 42.4 Å². The largest absolute Gasteiger partial charge is 0.457 e. The van der Waals surface area contributed by atoms with Crippen LogP contribution in [0.2, 0.25) is 0 Å². The van der Waals surface area contributed by atoms with Crippen molar-refractivity contribution in [2.45, 2.75) is 116 Å². The molecule has 0 saturated carbocycles. The highest BCUT2D eigenvalue weighted by Gasteiger charge is 2.35. The maximum atomic E-state index is 14.4. The summed E-state index contributed by atoms with van der Waals surface area (Å²) >= 11 is 0.877. The number of unbranched alkanes of at least 4 members (excludes halogenated alkanes) is 1. The molecule has 7 N–H and O–H groups in total. The number of urea groups is 1. The number of anilines is 3. The van der Waals surface area contributed by atoms with Crippen LogP contribution in [-0.2, 0) is 31.4 Å². The van der Waals surface area contributed by atoms with Crippen molar-refractivity contribution in [3.05, 3.63) is 70.6 Å². The molecule has 0 unspecified atom stereocenters. The minimum atomic E-state index is -4.98. The number of amides is 6. The molecule has 384 valence electrons. The van der Waals surface area contributed by atoms with Gasteiger partial charge in [-0.1, -0.05) is 0 Å². The molecular weight excluding hydrogens is 963 g/mol. The summed E-state index contributed by atoms with van der Waals surface area (Å²) in [5.41, 5.74) is -6.66. The number of guanidine groups is 1. The Balaban J connectivity index is 1.83. The Hall–Kier alpha value is -6.99. The molecule has 0 aliphatic carbocycles. The van der Waals surface area contributed by atoms with Gasteiger partial charge in [-0.05, 0) is 118 Å². The third-order valence-electron chi connectivity index (χ3n) is 8.08. The number of benzene rings is 3. The van der Waals surface area contributed by atoms with Crippen LogP contribution >= 0.6 is 11.8 Å². The van der Waals surface area contributed by atoms with Gasteiger partial charge in [0.2, 0.25) is 11.9 Å². The molecule has 3 aromatic rings. The number of carbonyl (C=O) groups is 5. The molecule has 0 atom stereocenters. The van der Waals surface area contributed by atoms with E-state index in [1.54, 1.807) is 62.3 Å². The van der Waals surface area contributed by atoms with E-state index in [1.807, 2.05) is 0 Å². The smallest absolute Gasteiger partial charge is 0.437 e. The summed E-state index contributed by atoms with van der Waals surface area (Å²) in [6, 6.07) is 6.99. The van der Waals surface area contributed by atoms with Gasteiger partial charge in [0.25, 0.3) is 4.92 Å². The summed E-state index contributed by atoms with van der Waals surface area (Å²) in [5, 5.41) is 24.0. The molecule has 0 aliphatic heterocycles. The third kappa shape index (κ3) is 21.5. The highest BCUT2D eigenvalue weighted by molar-refractivity contribution is 7.99. The minimum absolute atomic E-state index is 0.0000544. The Bertz CT molecular complexity index is 2400. The monoisotopic (exact) mass is 1020 g/mol. The van der Waals surface area contributed by atoms with Crippen molar-refractivity contribution < 1.29 is 79.4 Å². The van der Waals surface area contributed by atoms with Gasteiger partial charge in [-0.3, -0.25) is 10.1 Å². The summed E-state index contributed by atoms with van der Waals surface area (Å²) in [5.74, 6) is -1.59. The molecule has 0 heterocycles. The van der Waals surface area contributed by atoms with Gasteiger partial charge in [0.05, 0.1) is 38.4 Å². The highest BCUT2D eigenvalue weighted by Crippen LogP contribution is 2.42. The Labute approximate surface area is 402 Å². The molecule has 0 fully saturated rings. The molecule has 26 heteroatoms. The van der Waals surface area contributed by atoms with Crippen LogP contribution in [0.5, 0.6) is 11.5 Å². The number of halogens is 6. The van der Waals surface area contributed by atoms with Gasteiger partial charge in [-0.25, -0.2) is 24.4 Å². The summed E-state index contributed by atoms with van der Waals surface area (Å²) in [7, 11) is 0. The second kappa shape index (κ2) is 24.0. The Morgan fingerprint density at radius 2 is 1.21 bits per heavy atom. The average Bonchev–Trinajstić information content (AvgIpc) is 3.17. The summed E-state index contributed by atoms with van der Waals surface area (Å²) < 4.78 is 104. The second-order valence-corrected chi connectivity index (χ2v) is 19.0. The zero-order valence-corrected chi connectivity index (χ0v) is 40.4. The lowest BCUT2D eigenvalue weighted by Gasteiger charge is -2.21. The number of alkyl halides is 6. The van der Waals surface area contributed by atoms with Crippen molar-refractivity contribution in [2.24, 2.45) is 4.99 Å². The summed E-state index contributed by atoms with van der Waals surface area (Å²) in [6.07, 6.45) is -12.5. The standard InChI is InChI=1S/C44H54F6N8O11S/c1-40(2,3)67-37(61)52-18-19-70-34-31(54-33(59)12-10-11-17-51-35(56-38(62)68-41(4,5)6)57-39(63)69-42(7,8)9)22-26(44(48,49)50)23-32(34)55-36(60)53-27-13-15-29(16-14-27)66-30-21-25(43(45,46)47)20-28(24-30)58(64)65/h13-16,20-24H,10-12,17-19H2,1-9H3,(H6-,51,52,53,54,55,56,57,59,60,61,62,63,64,65)/p+1. The zero-order chi connectivity index (χ0) is 52.8. The molecular formula is C44H55F6N8O11S+. The van der Waals surface area contributed by atoms with E-state index in [4.69, 9.17) is 18.9 Å². The molecule has 3 rings (SSSR count). The van der Waals surface area contributed by atoms with Crippen molar-refractivity contribution in [1.82, 2.24) is 16.0 Å². The van der Waals surface area contributed by atoms with E-state index in [2.05, 4.69) is 36.9 Å². The fourth-order valence-electron chi connectivity index (χ4n) is 5.42. The van der Waals surface area contributed by atoms with Gasteiger partial charge < -0.3 is 45.5 Å². The van der Waals surface area contributed by atoms with Crippen LogP contribution in [0.1, 0.15) is 92.7 Å². The number of hydrogen-bond donors (Lipinski definition) is 7. The van der Waals surface area contributed by atoms with Crippen LogP contribution < -0.4 is 36.6 Å². The maximum absolute atomic E-state index is 14.4. The number of nitrogens with one attached hydrogen (secondary N) is 6. The molecule has 6 amide bonds. The summed E-state index contributed by atoms with van der Waals surface area (Å²) in [6.45, 7) is 14.6. The van der Waals surface area contributed by atoms with Gasteiger partial charge in [-0.15, -0.1) is 16.8 Å². The van der Waals surface area contributed by atoms with Crippen LogP contribution in [0.4, 0.5) is 68.3 Å². The van der Waals surface area contributed by atoms with E-state index in [0.717, 1.165) is 17.8 Å². The number of alkyl carbamates (subject to hydrolysis) is 2. The Kier molecular flexibility index (Phi) is 19.7. The zero-order valence-electron chi connectivity index (χ0n) is 39.5. The van der Waals surface area contributed by atoms with Crippen molar-refractivity contribution in [3.63, 3.8) is 0 Å². The first-order valence-electron chi connectivity index (χ1n) is 21.1. The molecule has 3 aromatic carbocycles. The number of thioether (sulfide) groups is 1. The molecule has 0 aromatic heterocycles. The van der Waals surface area contributed by atoms with Crippen LogP contribution in [0.15, 0.2) is 64.5 Å². The topological polar surface area (TPSA) is 247 Å². The number of hydrogen-bond acceptors (Lipinski definition) is 11. The van der Waals surface area contributed by atoms with Crippen molar-refractivity contribution in [2.75, 3.05) is 34.8 Å². The van der Waals surface area contributed by atoms with Crippen LogP contribution in [0.25, 0.3) is 0 Å². The Morgan fingerprint density at radius 3 is 1.77 bits per heavy atom. The molecule has 19 nitrogen and oxygen atoms in total. The number of carbonyl (C=O) groups excluding carboxylic acids is 5. The summed E-state index contributed by atoms with van der Waals surface area (Å²) in [4.78, 5) is 78.0. The number of rotatable bonds is 15. The first-order valence-corrected chi connectivity index (χ1v) is 22.1. The van der Waals surface area contributed by atoms with Gasteiger partial charge in [0, 0.05) is 37.0 Å². The first-order chi connectivity index (χ1) is 32.2. The van der Waals surface area contributed by atoms with Crippen LogP contribution in [0.3, 0.4) is 0 Å². The van der Waals surface area contributed by atoms with E-state index in [0.29, 0.717) is 24.3 Å². The first kappa shape index (κ1) is 57.3. The fourth-order valence-corrected chi connectivity index (χ4v) is 6.35. The lowest BCUT2D eigenvalue weighted by molar-refractivity contribution is -0.729. The third-order valence-corrected chi connectivity index (χ3v) is 9.22. The molecule has 0 saturated heterocycles. The molecule has 0 spiro atoms. The lowest BCUT2D eigenvalue weighted by atomic mass is 10.1. The fraction of sp³-hybridized carbons (Fsp3) is 0.455. The van der Waals surface area contributed by atoms with E-state index < -0.39 is 92.5 Å². The number of nitrogens with zero attached hydrogens (tertiary/aromatic N) is 2. The molecule has 0 radical (unpaired) electrons. The maximum Gasteiger partial charge on any atom is 0.437 e. The molecule has 70 heavy (non-hydrogen) atoms. The van der Waals surface area contributed by atoms with E-state index >= 15 is 0 Å². The quantitative estimate of drug-likeness (QED) is 0.0143. The average molecular weight is 1020 g/mol. The Morgan fingerprint density at radius 1 is 0.657 bits per heavy atom. The van der Waals surface area contributed by atoms with Crippen molar-refractivity contribution in [1.29, 1.82) is 0 Å². The van der Waals surface area contributed by atoms with E-state index in [1.165, 1.54) is 24.3 Å². The van der Waals surface area contributed by atoms with E-state index in [-0.39, 0.29) is 66.1 Å². The number of aliphatic imine (C=N–C) groups is 1. The SMILES string of the molecule is CC(C)(C)OC(=O)N=C(NCCCCC(=O)Nc1cc(C(F)(F)F)cc(NC(=O)Nc2ccc(Oc3cc([N+](=O)O)cc(C(F)(F)F)c3)cc2)c1SCCNC(=O)OC(C)(C)C)NC(=O)OC(C)(C)C. The van der Waals surface area contributed by atoms with Gasteiger partial charge in [0.15, 0.2) is 0 Å². The normalized spacial score (nSPS) is 12.2. The predicted molar refractivity (Wildman–Crippen MR) is 246 cm³/mol. The second-order valence-electron chi connectivity index (χ2n) is 17.9. The highest BCUT2D eigenvalue weighted by atomic mass is 32.2. The molecule has 0 bridgehead atoms. The van der Waals surface area contributed by atoms with Crippen LogP contribution in [0, 0.1) is 4.91 Å². The van der Waals surface area contributed by atoms with Gasteiger partial charge in [0.1, 0.15) is 28.3 Å². The van der Waals surface area contributed by atoms with Crippen molar-refractivity contribution >= 4 is 70.7 Å². The molecule has 0 aliphatic rings. The lowest BCUT2D eigenvalue weighted by Crippen LogP contribution is -2.44. The minimum Gasteiger partial charge on any atom is -0.457 e. The van der Waals surface area contributed by atoms with Crippen LogP contribution in [-0.4, -0.2) is 82.0 Å².